The van der Waals surface area contributed by atoms with Crippen molar-refractivity contribution in [2.45, 2.75) is 31.3 Å². The highest BCUT2D eigenvalue weighted by atomic mass is 16.5. The molecule has 0 bridgehead atoms. The van der Waals surface area contributed by atoms with E-state index in [1.807, 2.05) is 0 Å². The Morgan fingerprint density at radius 2 is 1.81 bits per heavy atom. The monoisotopic (exact) mass is 282 g/mol. The summed E-state index contributed by atoms with van der Waals surface area (Å²) in [5.74, 6) is 1.52. The van der Waals surface area contributed by atoms with Gasteiger partial charge in [0.25, 0.3) is 0 Å². The van der Waals surface area contributed by atoms with Gasteiger partial charge < -0.3 is 9.47 Å². The molecule has 0 aromatic heterocycles. The quantitative estimate of drug-likeness (QED) is 0.836. The SMILES string of the molecule is COc1ccc([C@H]2CCO[C@@H](Cc3ccccc3)C2)cc1. The molecule has 2 nitrogen and oxygen atoms in total. The van der Waals surface area contributed by atoms with Crippen molar-refractivity contribution < 1.29 is 9.47 Å². The Morgan fingerprint density at radius 3 is 2.52 bits per heavy atom. The molecule has 3 rings (SSSR count). The van der Waals surface area contributed by atoms with Crippen LogP contribution in [-0.2, 0) is 11.2 Å². The molecule has 0 saturated carbocycles. The second-order valence-corrected chi connectivity index (χ2v) is 5.68. The first-order valence-corrected chi connectivity index (χ1v) is 7.64. The lowest BCUT2D eigenvalue weighted by Gasteiger charge is -2.30. The fourth-order valence-electron chi connectivity index (χ4n) is 3.08. The zero-order chi connectivity index (χ0) is 14.5. The topological polar surface area (TPSA) is 18.5 Å². The van der Waals surface area contributed by atoms with Crippen LogP contribution in [0.2, 0.25) is 0 Å². The summed E-state index contributed by atoms with van der Waals surface area (Å²) in [6.45, 7) is 0.855. The molecule has 0 N–H and O–H groups in total. The lowest BCUT2D eigenvalue weighted by molar-refractivity contribution is 0.00728. The van der Waals surface area contributed by atoms with Crippen LogP contribution in [0.4, 0.5) is 0 Å². The molecule has 2 aromatic rings. The van der Waals surface area contributed by atoms with Gasteiger partial charge in [-0.2, -0.15) is 0 Å². The summed E-state index contributed by atoms with van der Waals surface area (Å²) in [6, 6.07) is 19.1. The van der Waals surface area contributed by atoms with Crippen LogP contribution >= 0.6 is 0 Å². The number of methoxy groups -OCH3 is 1. The average Bonchev–Trinajstić information content (AvgIpc) is 2.56. The summed E-state index contributed by atoms with van der Waals surface area (Å²) >= 11 is 0. The summed E-state index contributed by atoms with van der Waals surface area (Å²) in [7, 11) is 1.71. The molecule has 1 saturated heterocycles. The summed E-state index contributed by atoms with van der Waals surface area (Å²) in [4.78, 5) is 0. The molecule has 1 heterocycles. The molecule has 1 aliphatic heterocycles. The van der Waals surface area contributed by atoms with E-state index in [1.165, 1.54) is 11.1 Å². The van der Waals surface area contributed by atoms with Crippen molar-refractivity contribution in [3.63, 3.8) is 0 Å². The van der Waals surface area contributed by atoms with Crippen molar-refractivity contribution in [1.82, 2.24) is 0 Å². The maximum absolute atomic E-state index is 5.95. The van der Waals surface area contributed by atoms with E-state index >= 15 is 0 Å². The summed E-state index contributed by atoms with van der Waals surface area (Å²) in [5.41, 5.74) is 2.76. The molecule has 0 unspecified atom stereocenters. The Kier molecular flexibility index (Phi) is 4.56. The molecule has 1 aliphatic rings. The average molecular weight is 282 g/mol. The van der Waals surface area contributed by atoms with E-state index < -0.39 is 0 Å². The van der Waals surface area contributed by atoms with Crippen molar-refractivity contribution in [2.24, 2.45) is 0 Å². The maximum Gasteiger partial charge on any atom is 0.118 e. The predicted octanol–water partition coefficient (Wildman–Crippen LogP) is 4.20. The third-order valence-electron chi connectivity index (χ3n) is 4.26. The van der Waals surface area contributed by atoms with E-state index in [-0.39, 0.29) is 0 Å². The van der Waals surface area contributed by atoms with Gasteiger partial charge in [-0.1, -0.05) is 42.5 Å². The first-order valence-electron chi connectivity index (χ1n) is 7.64. The van der Waals surface area contributed by atoms with Gasteiger partial charge in [0.1, 0.15) is 5.75 Å². The van der Waals surface area contributed by atoms with Gasteiger partial charge in [0.2, 0.25) is 0 Å². The van der Waals surface area contributed by atoms with E-state index in [0.29, 0.717) is 12.0 Å². The van der Waals surface area contributed by atoms with E-state index in [0.717, 1.165) is 31.6 Å². The highest BCUT2D eigenvalue weighted by molar-refractivity contribution is 5.29. The Balaban J connectivity index is 1.64. The van der Waals surface area contributed by atoms with Gasteiger partial charge in [0, 0.05) is 6.61 Å². The standard InChI is InChI=1S/C19H22O2/c1-20-18-9-7-16(8-10-18)17-11-12-21-19(14-17)13-15-5-3-2-4-6-15/h2-10,17,19H,11-14H2,1H3/t17-,19-/m0/s1. The highest BCUT2D eigenvalue weighted by Gasteiger charge is 2.24. The van der Waals surface area contributed by atoms with Gasteiger partial charge in [-0.25, -0.2) is 0 Å². The van der Waals surface area contributed by atoms with Crippen LogP contribution in [-0.4, -0.2) is 19.8 Å². The highest BCUT2D eigenvalue weighted by Crippen LogP contribution is 2.32. The normalized spacial score (nSPS) is 22.0. The largest absolute Gasteiger partial charge is 0.497 e. The van der Waals surface area contributed by atoms with Gasteiger partial charge in [0.15, 0.2) is 0 Å². The van der Waals surface area contributed by atoms with Crippen LogP contribution in [0.15, 0.2) is 54.6 Å². The zero-order valence-corrected chi connectivity index (χ0v) is 12.5. The summed E-state index contributed by atoms with van der Waals surface area (Å²) in [5, 5.41) is 0. The van der Waals surface area contributed by atoms with Crippen molar-refractivity contribution >= 4 is 0 Å². The number of ether oxygens (including phenoxy) is 2. The van der Waals surface area contributed by atoms with Crippen molar-refractivity contribution in [3.05, 3.63) is 65.7 Å². The van der Waals surface area contributed by atoms with E-state index in [9.17, 15) is 0 Å². The number of hydrogen-bond donors (Lipinski definition) is 0. The second-order valence-electron chi connectivity index (χ2n) is 5.68. The predicted molar refractivity (Wildman–Crippen MR) is 84.9 cm³/mol. The first kappa shape index (κ1) is 14.2. The molecular weight excluding hydrogens is 260 g/mol. The van der Waals surface area contributed by atoms with E-state index in [2.05, 4.69) is 54.6 Å². The molecule has 2 atom stereocenters. The summed E-state index contributed by atoms with van der Waals surface area (Å²) < 4.78 is 11.2. The molecule has 0 radical (unpaired) electrons. The molecule has 21 heavy (non-hydrogen) atoms. The molecule has 0 spiro atoms. The van der Waals surface area contributed by atoms with Gasteiger partial charge in [0.05, 0.1) is 13.2 Å². The minimum absolute atomic E-state index is 0.327. The fraction of sp³-hybridized carbons (Fsp3) is 0.368. The molecule has 2 heteroatoms. The van der Waals surface area contributed by atoms with E-state index in [1.54, 1.807) is 7.11 Å². The summed E-state index contributed by atoms with van der Waals surface area (Å²) in [6.07, 6.45) is 3.54. The third-order valence-corrected chi connectivity index (χ3v) is 4.26. The second kappa shape index (κ2) is 6.77. The van der Waals surface area contributed by atoms with Gasteiger partial charge in [-0.15, -0.1) is 0 Å². The smallest absolute Gasteiger partial charge is 0.118 e. The van der Waals surface area contributed by atoms with Gasteiger partial charge >= 0.3 is 0 Å². The van der Waals surface area contributed by atoms with Gasteiger partial charge in [-0.3, -0.25) is 0 Å². The van der Waals surface area contributed by atoms with Gasteiger partial charge in [-0.05, 0) is 48.4 Å². The van der Waals surface area contributed by atoms with Crippen molar-refractivity contribution in [3.8, 4) is 5.75 Å². The van der Waals surface area contributed by atoms with Crippen LogP contribution in [0.3, 0.4) is 0 Å². The Morgan fingerprint density at radius 1 is 1.05 bits per heavy atom. The molecular formula is C19H22O2. The molecule has 0 aliphatic carbocycles. The number of benzene rings is 2. The van der Waals surface area contributed by atoms with Crippen LogP contribution in [0, 0.1) is 0 Å². The molecule has 0 amide bonds. The molecule has 2 aromatic carbocycles. The first-order chi connectivity index (χ1) is 10.3. The van der Waals surface area contributed by atoms with Crippen LogP contribution < -0.4 is 4.74 Å². The number of rotatable bonds is 4. The van der Waals surface area contributed by atoms with Crippen LogP contribution in [0.25, 0.3) is 0 Å². The lowest BCUT2D eigenvalue weighted by Crippen LogP contribution is -2.26. The Bertz CT molecular complexity index is 548. The van der Waals surface area contributed by atoms with E-state index in [4.69, 9.17) is 9.47 Å². The fourth-order valence-corrected chi connectivity index (χ4v) is 3.08. The third kappa shape index (κ3) is 3.64. The van der Waals surface area contributed by atoms with Crippen LogP contribution in [0.1, 0.15) is 29.9 Å². The maximum atomic E-state index is 5.95. The molecule has 110 valence electrons. The Hall–Kier alpha value is -1.80. The van der Waals surface area contributed by atoms with Crippen LogP contribution in [0.5, 0.6) is 5.75 Å². The Labute approximate surface area is 126 Å². The van der Waals surface area contributed by atoms with Crippen molar-refractivity contribution in [2.75, 3.05) is 13.7 Å². The number of hydrogen-bond acceptors (Lipinski definition) is 2. The lowest BCUT2D eigenvalue weighted by atomic mass is 9.87. The zero-order valence-electron chi connectivity index (χ0n) is 12.5. The van der Waals surface area contributed by atoms with Crippen molar-refractivity contribution in [1.29, 1.82) is 0 Å². The molecule has 1 fully saturated rings. The minimum Gasteiger partial charge on any atom is -0.497 e. The minimum atomic E-state index is 0.327.